The van der Waals surface area contributed by atoms with E-state index in [9.17, 15) is 9.18 Å². The molecule has 19 heavy (non-hydrogen) atoms. The summed E-state index contributed by atoms with van der Waals surface area (Å²) in [4.78, 5) is 12.0. The van der Waals surface area contributed by atoms with Gasteiger partial charge in [-0.1, -0.05) is 36.7 Å². The second kappa shape index (κ2) is 6.38. The van der Waals surface area contributed by atoms with E-state index in [1.165, 1.54) is 12.1 Å². The maximum atomic E-state index is 13.3. The zero-order valence-electron chi connectivity index (χ0n) is 10.5. The molecule has 0 aliphatic carbocycles. The van der Waals surface area contributed by atoms with E-state index in [2.05, 4.69) is 10.5 Å². The van der Waals surface area contributed by atoms with Crippen LogP contribution in [0.5, 0.6) is 0 Å². The summed E-state index contributed by atoms with van der Waals surface area (Å²) in [7, 11) is 0. The van der Waals surface area contributed by atoms with Crippen LogP contribution in [0.3, 0.4) is 0 Å². The van der Waals surface area contributed by atoms with Crippen LogP contribution in [-0.4, -0.2) is 23.0 Å². The smallest absolute Gasteiger partial charge is 0.253 e. The molecule has 4 N–H and O–H groups in total. The highest BCUT2D eigenvalue weighted by Crippen LogP contribution is 2.19. The molecule has 0 fully saturated rings. The molecule has 5 nitrogen and oxygen atoms in total. The maximum absolute atomic E-state index is 13.3. The first kappa shape index (κ1) is 15.2. The van der Waals surface area contributed by atoms with Crippen LogP contribution in [0.25, 0.3) is 0 Å². The van der Waals surface area contributed by atoms with Gasteiger partial charge in [0.15, 0.2) is 5.84 Å². The Morgan fingerprint density at radius 2 is 2.16 bits per heavy atom. The Hall–Kier alpha value is -1.82. The molecule has 0 saturated carbocycles. The Labute approximate surface area is 115 Å². The van der Waals surface area contributed by atoms with Crippen molar-refractivity contribution in [3.8, 4) is 0 Å². The summed E-state index contributed by atoms with van der Waals surface area (Å²) in [5.74, 6) is -1.50. The fourth-order valence-electron chi connectivity index (χ4n) is 1.54. The summed E-state index contributed by atoms with van der Waals surface area (Å²) >= 11 is 5.72. The molecule has 0 radical (unpaired) electrons. The highest BCUT2D eigenvalue weighted by atomic mass is 35.5. The van der Waals surface area contributed by atoms with Gasteiger partial charge in [-0.05, 0) is 18.1 Å². The largest absolute Gasteiger partial charge is 0.409 e. The first-order chi connectivity index (χ1) is 8.88. The maximum Gasteiger partial charge on any atom is 0.253 e. The van der Waals surface area contributed by atoms with Crippen molar-refractivity contribution in [2.45, 2.75) is 19.9 Å². The Morgan fingerprint density at radius 1 is 1.53 bits per heavy atom. The standard InChI is InChI=1S/C12H15ClFN3O2/c1-6(2)10(11(15)17-19)16-12(18)7-4-3-5-8(14)9(7)13/h3-6,10,19H,1-2H3,(H2,15,17)(H,16,18). The number of benzene rings is 1. The lowest BCUT2D eigenvalue weighted by atomic mass is 10.0. The van der Waals surface area contributed by atoms with Crippen molar-refractivity contribution in [2.75, 3.05) is 0 Å². The number of halogens is 2. The van der Waals surface area contributed by atoms with E-state index < -0.39 is 17.8 Å². The lowest BCUT2D eigenvalue weighted by Crippen LogP contribution is -2.47. The van der Waals surface area contributed by atoms with E-state index >= 15 is 0 Å². The topological polar surface area (TPSA) is 87.7 Å². The van der Waals surface area contributed by atoms with Gasteiger partial charge < -0.3 is 16.3 Å². The number of amides is 1. The molecule has 1 atom stereocenters. The van der Waals surface area contributed by atoms with E-state index in [1.807, 2.05) is 0 Å². The Balaban J connectivity index is 2.98. The summed E-state index contributed by atoms with van der Waals surface area (Å²) in [5.41, 5.74) is 5.49. The van der Waals surface area contributed by atoms with Crippen LogP contribution in [0.2, 0.25) is 5.02 Å². The third-order valence-corrected chi connectivity index (χ3v) is 2.97. The Kier molecular flexibility index (Phi) is 5.11. The molecule has 0 saturated heterocycles. The molecule has 0 aliphatic heterocycles. The van der Waals surface area contributed by atoms with Gasteiger partial charge in [-0.3, -0.25) is 4.79 Å². The molecule has 0 spiro atoms. The number of hydrogen-bond acceptors (Lipinski definition) is 3. The summed E-state index contributed by atoms with van der Waals surface area (Å²) < 4.78 is 13.3. The fourth-order valence-corrected chi connectivity index (χ4v) is 1.75. The number of carbonyl (C=O) groups is 1. The molecule has 1 unspecified atom stereocenters. The minimum Gasteiger partial charge on any atom is -0.409 e. The van der Waals surface area contributed by atoms with Crippen LogP contribution in [0, 0.1) is 11.7 Å². The molecule has 104 valence electrons. The van der Waals surface area contributed by atoms with Crippen molar-refractivity contribution in [3.63, 3.8) is 0 Å². The molecular formula is C12H15ClFN3O2. The first-order valence-electron chi connectivity index (χ1n) is 5.60. The van der Waals surface area contributed by atoms with Crippen LogP contribution in [0.4, 0.5) is 4.39 Å². The van der Waals surface area contributed by atoms with E-state index in [-0.39, 0.29) is 22.3 Å². The van der Waals surface area contributed by atoms with E-state index in [0.717, 1.165) is 6.07 Å². The van der Waals surface area contributed by atoms with Crippen molar-refractivity contribution in [1.82, 2.24) is 5.32 Å². The molecule has 1 amide bonds. The monoisotopic (exact) mass is 287 g/mol. The van der Waals surface area contributed by atoms with E-state index in [4.69, 9.17) is 22.5 Å². The molecule has 1 aromatic carbocycles. The molecule has 0 heterocycles. The lowest BCUT2D eigenvalue weighted by Gasteiger charge is -2.21. The number of hydrogen-bond donors (Lipinski definition) is 3. The number of nitrogens with two attached hydrogens (primary N) is 1. The third kappa shape index (κ3) is 3.57. The number of nitrogens with one attached hydrogen (secondary N) is 1. The van der Waals surface area contributed by atoms with E-state index in [1.54, 1.807) is 13.8 Å². The summed E-state index contributed by atoms with van der Waals surface area (Å²) in [5, 5.41) is 13.8. The zero-order chi connectivity index (χ0) is 14.6. The van der Waals surface area contributed by atoms with Gasteiger partial charge in [0.05, 0.1) is 16.6 Å². The molecule has 7 heteroatoms. The number of carbonyl (C=O) groups excluding carboxylic acids is 1. The predicted molar refractivity (Wildman–Crippen MR) is 70.9 cm³/mol. The zero-order valence-corrected chi connectivity index (χ0v) is 11.3. The van der Waals surface area contributed by atoms with Gasteiger partial charge in [-0.2, -0.15) is 0 Å². The summed E-state index contributed by atoms with van der Waals surface area (Å²) in [6.45, 7) is 3.58. The highest BCUT2D eigenvalue weighted by Gasteiger charge is 2.23. The SMILES string of the molecule is CC(C)C(NC(=O)c1cccc(F)c1Cl)/C(N)=N/O. The van der Waals surface area contributed by atoms with Crippen LogP contribution < -0.4 is 11.1 Å². The lowest BCUT2D eigenvalue weighted by molar-refractivity contribution is 0.0938. The van der Waals surface area contributed by atoms with Crippen LogP contribution in [0.15, 0.2) is 23.4 Å². The Morgan fingerprint density at radius 3 is 2.68 bits per heavy atom. The number of amidine groups is 1. The third-order valence-electron chi connectivity index (χ3n) is 2.58. The second-order valence-electron chi connectivity index (χ2n) is 4.32. The minimum absolute atomic E-state index is 0.00180. The van der Waals surface area contributed by atoms with Crippen molar-refractivity contribution in [1.29, 1.82) is 0 Å². The summed E-state index contributed by atoms with van der Waals surface area (Å²) in [6.07, 6.45) is 0. The van der Waals surface area contributed by atoms with Crippen molar-refractivity contribution >= 4 is 23.3 Å². The average molecular weight is 288 g/mol. The van der Waals surface area contributed by atoms with Gasteiger partial charge in [0, 0.05) is 0 Å². The molecular weight excluding hydrogens is 273 g/mol. The van der Waals surface area contributed by atoms with Gasteiger partial charge in [0.1, 0.15) is 5.82 Å². The Bertz CT molecular complexity index is 506. The van der Waals surface area contributed by atoms with Gasteiger partial charge in [0.2, 0.25) is 0 Å². The van der Waals surface area contributed by atoms with Gasteiger partial charge in [0.25, 0.3) is 5.91 Å². The predicted octanol–water partition coefficient (Wildman–Crippen LogP) is 1.98. The van der Waals surface area contributed by atoms with Crippen molar-refractivity contribution in [3.05, 3.63) is 34.6 Å². The number of rotatable bonds is 4. The first-order valence-corrected chi connectivity index (χ1v) is 5.98. The molecule has 0 aliphatic rings. The number of nitrogens with zero attached hydrogens (tertiary/aromatic N) is 1. The molecule has 1 rings (SSSR count). The highest BCUT2D eigenvalue weighted by molar-refractivity contribution is 6.34. The molecule has 1 aromatic rings. The molecule has 0 aromatic heterocycles. The van der Waals surface area contributed by atoms with Gasteiger partial charge in [-0.15, -0.1) is 0 Å². The van der Waals surface area contributed by atoms with Crippen molar-refractivity contribution < 1.29 is 14.4 Å². The van der Waals surface area contributed by atoms with Crippen LogP contribution in [0.1, 0.15) is 24.2 Å². The number of oxime groups is 1. The second-order valence-corrected chi connectivity index (χ2v) is 4.70. The van der Waals surface area contributed by atoms with Gasteiger partial charge in [-0.25, -0.2) is 4.39 Å². The fraction of sp³-hybridized carbons (Fsp3) is 0.333. The van der Waals surface area contributed by atoms with Crippen LogP contribution >= 0.6 is 11.6 Å². The van der Waals surface area contributed by atoms with Crippen LogP contribution in [-0.2, 0) is 0 Å². The quantitative estimate of drug-likeness (QED) is 0.342. The average Bonchev–Trinajstić information content (AvgIpc) is 2.37. The van der Waals surface area contributed by atoms with Gasteiger partial charge >= 0.3 is 0 Å². The van der Waals surface area contributed by atoms with Crippen molar-refractivity contribution in [2.24, 2.45) is 16.8 Å². The normalized spacial score (nSPS) is 13.4. The minimum atomic E-state index is -0.681. The molecule has 0 bridgehead atoms. The summed E-state index contributed by atoms with van der Waals surface area (Å²) in [6, 6.07) is 3.26. The van der Waals surface area contributed by atoms with E-state index in [0.29, 0.717) is 0 Å².